The van der Waals surface area contributed by atoms with E-state index in [4.69, 9.17) is 5.73 Å². The molecule has 0 unspecified atom stereocenters. The Balaban J connectivity index is 2.72. The number of nitrogens with two attached hydrogens (primary N) is 1. The molecule has 2 heteroatoms. The molecule has 90 valence electrons. The van der Waals surface area contributed by atoms with Crippen LogP contribution in [0.1, 0.15) is 53.4 Å². The quantitative estimate of drug-likeness (QED) is 0.703. The lowest BCUT2D eigenvalue weighted by molar-refractivity contribution is 0.0490. The molecule has 0 amide bonds. The Labute approximate surface area is 95.2 Å². The van der Waals surface area contributed by atoms with E-state index in [1.54, 1.807) is 0 Å². The van der Waals surface area contributed by atoms with Gasteiger partial charge in [-0.05, 0) is 45.4 Å². The van der Waals surface area contributed by atoms with Crippen LogP contribution in [0, 0.1) is 5.92 Å². The maximum atomic E-state index is 6.02. The molecule has 1 saturated carbocycles. The zero-order valence-electron chi connectivity index (χ0n) is 10.9. The van der Waals surface area contributed by atoms with Crippen LogP contribution in [0.4, 0.5) is 0 Å². The number of hydrogen-bond acceptors (Lipinski definition) is 2. The highest BCUT2D eigenvalue weighted by Crippen LogP contribution is 2.34. The standard InChI is InChI=1S/C13H28N2/c1-5-13(6-2,10-14)15(11(3)4)9-12-7-8-12/h11-12H,5-10,14H2,1-4H3. The van der Waals surface area contributed by atoms with Crippen LogP contribution in [0.15, 0.2) is 0 Å². The van der Waals surface area contributed by atoms with Gasteiger partial charge >= 0.3 is 0 Å². The molecule has 1 aliphatic carbocycles. The van der Waals surface area contributed by atoms with Crippen molar-refractivity contribution in [2.75, 3.05) is 13.1 Å². The van der Waals surface area contributed by atoms with Gasteiger partial charge in [-0.2, -0.15) is 0 Å². The molecule has 0 radical (unpaired) electrons. The van der Waals surface area contributed by atoms with Gasteiger partial charge in [0.1, 0.15) is 0 Å². The van der Waals surface area contributed by atoms with Crippen molar-refractivity contribution in [1.29, 1.82) is 0 Å². The maximum Gasteiger partial charge on any atom is 0.0329 e. The van der Waals surface area contributed by atoms with Crippen molar-refractivity contribution in [3.05, 3.63) is 0 Å². The minimum Gasteiger partial charge on any atom is -0.329 e. The van der Waals surface area contributed by atoms with Gasteiger partial charge in [-0.1, -0.05) is 13.8 Å². The van der Waals surface area contributed by atoms with Gasteiger partial charge in [0.05, 0.1) is 0 Å². The van der Waals surface area contributed by atoms with E-state index in [0.29, 0.717) is 6.04 Å². The van der Waals surface area contributed by atoms with Crippen LogP contribution in [0.3, 0.4) is 0 Å². The summed E-state index contributed by atoms with van der Waals surface area (Å²) in [5.41, 5.74) is 6.27. The summed E-state index contributed by atoms with van der Waals surface area (Å²) in [5, 5.41) is 0. The number of rotatable bonds is 7. The van der Waals surface area contributed by atoms with Crippen molar-refractivity contribution in [2.45, 2.75) is 65.0 Å². The van der Waals surface area contributed by atoms with E-state index in [-0.39, 0.29) is 5.54 Å². The highest BCUT2D eigenvalue weighted by Gasteiger charge is 2.37. The Morgan fingerprint density at radius 3 is 2.07 bits per heavy atom. The molecule has 0 aliphatic heterocycles. The minimum absolute atomic E-state index is 0.247. The number of nitrogens with zero attached hydrogens (tertiary/aromatic N) is 1. The molecule has 2 N–H and O–H groups in total. The maximum absolute atomic E-state index is 6.02. The first-order chi connectivity index (χ1) is 7.09. The molecule has 1 rings (SSSR count). The molecule has 1 fully saturated rings. The first-order valence-corrected chi connectivity index (χ1v) is 6.56. The molecule has 0 aromatic rings. The Morgan fingerprint density at radius 1 is 1.27 bits per heavy atom. The fourth-order valence-electron chi connectivity index (χ4n) is 2.59. The molecule has 0 spiro atoms. The highest BCUT2D eigenvalue weighted by molar-refractivity contribution is 4.93. The lowest BCUT2D eigenvalue weighted by atomic mass is 9.89. The van der Waals surface area contributed by atoms with E-state index < -0.39 is 0 Å². The minimum atomic E-state index is 0.247. The second-order valence-corrected chi connectivity index (χ2v) is 5.33. The second-order valence-electron chi connectivity index (χ2n) is 5.33. The average molecular weight is 212 g/mol. The summed E-state index contributed by atoms with van der Waals surface area (Å²) in [7, 11) is 0. The van der Waals surface area contributed by atoms with E-state index in [9.17, 15) is 0 Å². The Kier molecular flexibility index (Phi) is 4.60. The van der Waals surface area contributed by atoms with Gasteiger partial charge in [-0.3, -0.25) is 4.90 Å². The van der Waals surface area contributed by atoms with E-state index in [1.807, 2.05) is 0 Å². The third kappa shape index (κ3) is 2.94. The molecule has 0 saturated heterocycles. The van der Waals surface area contributed by atoms with Crippen molar-refractivity contribution in [3.63, 3.8) is 0 Å². The molecular formula is C13H28N2. The van der Waals surface area contributed by atoms with Gasteiger partial charge in [0, 0.05) is 24.7 Å². The average Bonchev–Trinajstić information content (AvgIpc) is 3.03. The van der Waals surface area contributed by atoms with Gasteiger partial charge in [0.25, 0.3) is 0 Å². The smallest absolute Gasteiger partial charge is 0.0329 e. The van der Waals surface area contributed by atoms with Crippen molar-refractivity contribution < 1.29 is 0 Å². The third-order valence-corrected chi connectivity index (χ3v) is 4.08. The van der Waals surface area contributed by atoms with Crippen molar-refractivity contribution >= 4 is 0 Å². The Bertz CT molecular complexity index is 173. The summed E-state index contributed by atoms with van der Waals surface area (Å²) >= 11 is 0. The molecule has 0 bridgehead atoms. The predicted octanol–water partition coefficient (Wildman–Crippen LogP) is 2.62. The topological polar surface area (TPSA) is 29.3 Å². The molecule has 1 aliphatic rings. The van der Waals surface area contributed by atoms with Gasteiger partial charge in [0.15, 0.2) is 0 Å². The van der Waals surface area contributed by atoms with Crippen molar-refractivity contribution in [1.82, 2.24) is 4.90 Å². The molecule has 2 nitrogen and oxygen atoms in total. The SMILES string of the molecule is CCC(CC)(CN)N(CC1CC1)C(C)C. The predicted molar refractivity (Wildman–Crippen MR) is 66.9 cm³/mol. The van der Waals surface area contributed by atoms with Crippen LogP contribution < -0.4 is 5.73 Å². The van der Waals surface area contributed by atoms with Gasteiger partial charge < -0.3 is 5.73 Å². The molecule has 0 atom stereocenters. The summed E-state index contributed by atoms with van der Waals surface area (Å²) in [4.78, 5) is 2.66. The first-order valence-electron chi connectivity index (χ1n) is 6.56. The summed E-state index contributed by atoms with van der Waals surface area (Å²) < 4.78 is 0. The van der Waals surface area contributed by atoms with E-state index in [2.05, 4.69) is 32.6 Å². The van der Waals surface area contributed by atoms with E-state index in [0.717, 1.165) is 12.5 Å². The summed E-state index contributed by atoms with van der Waals surface area (Å²) in [6.45, 7) is 11.2. The molecular weight excluding hydrogens is 184 g/mol. The van der Waals surface area contributed by atoms with Gasteiger partial charge in [0.2, 0.25) is 0 Å². The zero-order valence-corrected chi connectivity index (χ0v) is 10.9. The Hall–Kier alpha value is -0.0800. The molecule has 0 aromatic heterocycles. The molecule has 15 heavy (non-hydrogen) atoms. The normalized spacial score (nSPS) is 17.8. The van der Waals surface area contributed by atoms with Crippen LogP contribution >= 0.6 is 0 Å². The van der Waals surface area contributed by atoms with Crippen molar-refractivity contribution in [2.24, 2.45) is 11.7 Å². The van der Waals surface area contributed by atoms with Crippen LogP contribution in [0.2, 0.25) is 0 Å². The van der Waals surface area contributed by atoms with E-state index >= 15 is 0 Å². The summed E-state index contributed by atoms with van der Waals surface area (Å²) in [5.74, 6) is 0.955. The fourth-order valence-corrected chi connectivity index (χ4v) is 2.59. The Morgan fingerprint density at radius 2 is 1.80 bits per heavy atom. The third-order valence-electron chi connectivity index (χ3n) is 4.08. The fraction of sp³-hybridized carbons (Fsp3) is 1.00. The van der Waals surface area contributed by atoms with Gasteiger partial charge in [-0.25, -0.2) is 0 Å². The lowest BCUT2D eigenvalue weighted by Gasteiger charge is -2.45. The summed E-state index contributed by atoms with van der Waals surface area (Å²) in [6.07, 6.45) is 5.20. The van der Waals surface area contributed by atoms with Crippen LogP contribution in [0.25, 0.3) is 0 Å². The zero-order chi connectivity index (χ0) is 11.5. The monoisotopic (exact) mass is 212 g/mol. The van der Waals surface area contributed by atoms with Gasteiger partial charge in [-0.15, -0.1) is 0 Å². The van der Waals surface area contributed by atoms with Crippen molar-refractivity contribution in [3.8, 4) is 0 Å². The molecule has 0 heterocycles. The second kappa shape index (κ2) is 5.31. The van der Waals surface area contributed by atoms with Crippen LogP contribution in [0.5, 0.6) is 0 Å². The lowest BCUT2D eigenvalue weighted by Crippen LogP contribution is -2.56. The van der Waals surface area contributed by atoms with E-state index in [1.165, 1.54) is 32.2 Å². The molecule has 0 aromatic carbocycles. The largest absolute Gasteiger partial charge is 0.329 e. The highest BCUT2D eigenvalue weighted by atomic mass is 15.2. The number of hydrogen-bond donors (Lipinski definition) is 1. The van der Waals surface area contributed by atoms with Crippen LogP contribution in [-0.4, -0.2) is 29.6 Å². The first kappa shape index (κ1) is 13.0. The van der Waals surface area contributed by atoms with Crippen LogP contribution in [-0.2, 0) is 0 Å². The summed E-state index contributed by atoms with van der Waals surface area (Å²) in [6, 6.07) is 0.619.